The summed E-state index contributed by atoms with van der Waals surface area (Å²) in [7, 11) is 0. The molecular weight excluding hydrogens is 328 g/mol. The molecule has 4 fully saturated rings. The highest BCUT2D eigenvalue weighted by atomic mass is 16.3. The van der Waals surface area contributed by atoms with Crippen molar-refractivity contribution >= 4 is 0 Å². The van der Waals surface area contributed by atoms with Crippen LogP contribution >= 0.6 is 0 Å². The van der Waals surface area contributed by atoms with E-state index in [0.717, 1.165) is 36.0 Å². The van der Waals surface area contributed by atoms with Gasteiger partial charge in [-0.2, -0.15) is 0 Å². The Bertz CT molecular complexity index is 567. The highest BCUT2D eigenvalue weighted by molar-refractivity contribution is 5.11. The predicted octanol–water partition coefficient (Wildman–Crippen LogP) is 7.00. The van der Waals surface area contributed by atoms with Crippen molar-refractivity contribution in [2.45, 2.75) is 104 Å². The van der Waals surface area contributed by atoms with Gasteiger partial charge in [-0.1, -0.05) is 39.2 Å². The average molecular weight is 373 g/mol. The van der Waals surface area contributed by atoms with E-state index in [2.05, 4.69) is 34.3 Å². The van der Waals surface area contributed by atoms with Gasteiger partial charge >= 0.3 is 0 Å². The second kappa shape index (κ2) is 7.19. The van der Waals surface area contributed by atoms with Crippen molar-refractivity contribution in [3.8, 4) is 0 Å². The average Bonchev–Trinajstić information content (AvgIpc) is 2.97. The molecule has 9 unspecified atom stereocenters. The van der Waals surface area contributed by atoms with E-state index >= 15 is 0 Å². The van der Waals surface area contributed by atoms with Gasteiger partial charge in [0.15, 0.2) is 0 Å². The topological polar surface area (TPSA) is 20.2 Å². The largest absolute Gasteiger partial charge is 0.393 e. The Labute approximate surface area is 168 Å². The van der Waals surface area contributed by atoms with Crippen LogP contribution in [0.3, 0.4) is 0 Å². The SMILES string of the molecule is C=C(C)CCC(C)C1CCC2C3C(O)CC4CCCCC4(C)C3CCC12C. The van der Waals surface area contributed by atoms with Crippen LogP contribution in [0.4, 0.5) is 0 Å². The maximum Gasteiger partial charge on any atom is 0.0577 e. The van der Waals surface area contributed by atoms with Gasteiger partial charge in [0.05, 0.1) is 6.10 Å². The summed E-state index contributed by atoms with van der Waals surface area (Å²) in [5, 5.41) is 11.3. The van der Waals surface area contributed by atoms with Crippen molar-refractivity contribution in [2.75, 3.05) is 0 Å². The van der Waals surface area contributed by atoms with Gasteiger partial charge in [-0.3, -0.25) is 0 Å². The Morgan fingerprint density at radius 1 is 1.04 bits per heavy atom. The van der Waals surface area contributed by atoms with E-state index in [1.165, 1.54) is 69.8 Å². The van der Waals surface area contributed by atoms with E-state index in [4.69, 9.17) is 0 Å². The highest BCUT2D eigenvalue weighted by Crippen LogP contribution is 2.68. The first kappa shape index (κ1) is 20.0. The maximum absolute atomic E-state index is 11.3. The van der Waals surface area contributed by atoms with Crippen LogP contribution in [-0.4, -0.2) is 11.2 Å². The van der Waals surface area contributed by atoms with Gasteiger partial charge in [0.1, 0.15) is 0 Å². The molecule has 0 bridgehead atoms. The molecule has 0 saturated heterocycles. The number of allylic oxidation sites excluding steroid dienone is 1. The molecule has 0 amide bonds. The lowest BCUT2D eigenvalue weighted by Gasteiger charge is -2.62. The van der Waals surface area contributed by atoms with Gasteiger partial charge in [-0.15, -0.1) is 6.58 Å². The molecule has 154 valence electrons. The van der Waals surface area contributed by atoms with Crippen molar-refractivity contribution in [2.24, 2.45) is 46.3 Å². The Balaban J connectivity index is 1.56. The van der Waals surface area contributed by atoms with Gasteiger partial charge < -0.3 is 5.11 Å². The summed E-state index contributed by atoms with van der Waals surface area (Å²) in [4.78, 5) is 0. The molecule has 4 aliphatic carbocycles. The molecule has 0 aliphatic heterocycles. The number of rotatable bonds is 4. The minimum Gasteiger partial charge on any atom is -0.393 e. The molecule has 0 radical (unpaired) electrons. The highest BCUT2D eigenvalue weighted by Gasteiger charge is 2.62. The zero-order chi connectivity index (χ0) is 19.4. The normalized spacial score (nSPS) is 50.4. The lowest BCUT2D eigenvalue weighted by molar-refractivity contribution is -0.164. The molecule has 4 rings (SSSR count). The smallest absolute Gasteiger partial charge is 0.0577 e. The van der Waals surface area contributed by atoms with Gasteiger partial charge in [-0.25, -0.2) is 0 Å². The molecule has 4 aliphatic rings. The van der Waals surface area contributed by atoms with Crippen LogP contribution in [0.15, 0.2) is 12.2 Å². The van der Waals surface area contributed by atoms with E-state index in [9.17, 15) is 5.11 Å². The van der Waals surface area contributed by atoms with E-state index in [1.54, 1.807) is 0 Å². The van der Waals surface area contributed by atoms with Crippen molar-refractivity contribution in [1.82, 2.24) is 0 Å². The standard InChI is InChI=1S/C26H44O/c1-17(2)9-10-18(3)20-11-12-21-24-22(13-15-26(20,21)5)25(4)14-7-6-8-19(25)16-23(24)27/h18-24,27H,1,6-16H2,2-5H3. The molecule has 4 saturated carbocycles. The minimum atomic E-state index is -0.0275. The maximum atomic E-state index is 11.3. The van der Waals surface area contributed by atoms with E-state index < -0.39 is 0 Å². The zero-order valence-electron chi connectivity index (χ0n) is 18.5. The third kappa shape index (κ3) is 3.15. The number of fused-ring (bicyclic) bond motifs is 5. The number of hydrogen-bond acceptors (Lipinski definition) is 1. The summed E-state index contributed by atoms with van der Waals surface area (Å²) in [6.45, 7) is 14.0. The van der Waals surface area contributed by atoms with Crippen molar-refractivity contribution < 1.29 is 5.11 Å². The minimum absolute atomic E-state index is 0.0275. The molecule has 0 aromatic heterocycles. The fourth-order valence-electron chi connectivity index (χ4n) is 8.91. The Morgan fingerprint density at radius 3 is 2.52 bits per heavy atom. The molecule has 27 heavy (non-hydrogen) atoms. The molecule has 0 spiro atoms. The fraction of sp³-hybridized carbons (Fsp3) is 0.923. The van der Waals surface area contributed by atoms with Gasteiger partial charge in [-0.05, 0) is 111 Å². The molecule has 0 aromatic carbocycles. The first-order chi connectivity index (χ1) is 12.8. The molecule has 0 aromatic rings. The zero-order valence-corrected chi connectivity index (χ0v) is 18.5. The Hall–Kier alpha value is -0.300. The summed E-state index contributed by atoms with van der Waals surface area (Å²) >= 11 is 0. The van der Waals surface area contributed by atoms with Gasteiger partial charge in [0.25, 0.3) is 0 Å². The molecule has 1 N–H and O–H groups in total. The second-order valence-corrected chi connectivity index (χ2v) is 11.7. The fourth-order valence-corrected chi connectivity index (χ4v) is 8.91. The van der Waals surface area contributed by atoms with Crippen LogP contribution in [0, 0.1) is 46.3 Å². The number of aliphatic hydroxyl groups excluding tert-OH is 1. The van der Waals surface area contributed by atoms with Crippen LogP contribution in [0.1, 0.15) is 98.3 Å². The molecule has 9 atom stereocenters. The monoisotopic (exact) mass is 372 g/mol. The first-order valence-corrected chi connectivity index (χ1v) is 12.1. The van der Waals surface area contributed by atoms with Crippen LogP contribution in [0.2, 0.25) is 0 Å². The van der Waals surface area contributed by atoms with Gasteiger partial charge in [0.2, 0.25) is 0 Å². The first-order valence-electron chi connectivity index (χ1n) is 12.1. The van der Waals surface area contributed by atoms with Crippen molar-refractivity contribution in [3.63, 3.8) is 0 Å². The van der Waals surface area contributed by atoms with E-state index in [0.29, 0.717) is 16.7 Å². The lowest BCUT2D eigenvalue weighted by atomic mass is 9.44. The number of aliphatic hydroxyl groups is 1. The number of hydrogen-bond donors (Lipinski definition) is 1. The summed E-state index contributed by atoms with van der Waals surface area (Å²) in [6.07, 6.45) is 14.7. The van der Waals surface area contributed by atoms with Crippen LogP contribution in [0.25, 0.3) is 0 Å². The third-order valence-electron chi connectivity index (χ3n) is 10.4. The summed E-state index contributed by atoms with van der Waals surface area (Å²) in [5.74, 6) is 4.58. The Kier molecular flexibility index (Phi) is 5.32. The van der Waals surface area contributed by atoms with Crippen LogP contribution < -0.4 is 0 Å². The van der Waals surface area contributed by atoms with Crippen molar-refractivity contribution in [1.29, 1.82) is 0 Å². The predicted molar refractivity (Wildman–Crippen MR) is 114 cm³/mol. The quantitative estimate of drug-likeness (QED) is 0.527. The molecular formula is C26H44O. The molecule has 1 nitrogen and oxygen atoms in total. The van der Waals surface area contributed by atoms with Crippen LogP contribution in [0.5, 0.6) is 0 Å². The summed E-state index contributed by atoms with van der Waals surface area (Å²) in [5.41, 5.74) is 2.32. The summed E-state index contributed by atoms with van der Waals surface area (Å²) in [6, 6.07) is 0. The van der Waals surface area contributed by atoms with Crippen molar-refractivity contribution in [3.05, 3.63) is 12.2 Å². The molecule has 0 heterocycles. The third-order valence-corrected chi connectivity index (χ3v) is 10.4. The lowest BCUT2D eigenvalue weighted by Crippen LogP contribution is -2.57. The van der Waals surface area contributed by atoms with Gasteiger partial charge in [0, 0.05) is 0 Å². The van der Waals surface area contributed by atoms with E-state index in [1.807, 2.05) is 0 Å². The Morgan fingerprint density at radius 2 is 1.78 bits per heavy atom. The van der Waals surface area contributed by atoms with E-state index in [-0.39, 0.29) is 6.10 Å². The molecule has 1 heteroatoms. The second-order valence-electron chi connectivity index (χ2n) is 11.7. The summed E-state index contributed by atoms with van der Waals surface area (Å²) < 4.78 is 0. The van der Waals surface area contributed by atoms with Crippen LogP contribution in [-0.2, 0) is 0 Å².